The summed E-state index contributed by atoms with van der Waals surface area (Å²) in [5, 5.41) is 7.97. The first-order valence-corrected chi connectivity index (χ1v) is 10.9. The number of hydrogen-bond acceptors (Lipinski definition) is 5. The predicted molar refractivity (Wildman–Crippen MR) is 128 cm³/mol. The minimum Gasteiger partial charge on any atom is -0.452 e. The largest absolute Gasteiger partial charge is 0.452 e. The number of ether oxygens (including phenoxy) is 1. The number of rotatable bonds is 8. The molecule has 33 heavy (non-hydrogen) atoms. The lowest BCUT2D eigenvalue weighted by atomic mass is 10.1. The molecule has 0 fully saturated rings. The summed E-state index contributed by atoms with van der Waals surface area (Å²) < 4.78 is 6.86. The van der Waals surface area contributed by atoms with Gasteiger partial charge in [-0.3, -0.25) is 14.3 Å². The van der Waals surface area contributed by atoms with Crippen molar-refractivity contribution in [2.75, 3.05) is 20.2 Å². The standard InChI is InChI=1S/C24H31ClN4O4/c1-16-19(17(2)29(27-16)13-18-9-7-8-10-20(18)25)11-12-23(32)33-15-22(31)28(6)14-21(30)26-24(3,4)5/h7-12H,13-15H2,1-6H3,(H,26,30)/b12-11+. The van der Waals surface area contributed by atoms with E-state index in [2.05, 4.69) is 10.4 Å². The summed E-state index contributed by atoms with van der Waals surface area (Å²) in [6.07, 6.45) is 2.88. The Kier molecular flexibility index (Phi) is 8.82. The molecule has 0 aliphatic heterocycles. The minimum atomic E-state index is -0.659. The van der Waals surface area contributed by atoms with Crippen LogP contribution in [0.5, 0.6) is 0 Å². The molecule has 1 heterocycles. The van der Waals surface area contributed by atoms with Gasteiger partial charge in [0.25, 0.3) is 5.91 Å². The molecule has 1 N–H and O–H groups in total. The lowest BCUT2D eigenvalue weighted by Gasteiger charge is -2.23. The maximum Gasteiger partial charge on any atom is 0.331 e. The van der Waals surface area contributed by atoms with Gasteiger partial charge in [-0.15, -0.1) is 0 Å². The zero-order valence-corrected chi connectivity index (χ0v) is 20.7. The number of esters is 1. The second-order valence-corrected chi connectivity index (χ2v) is 9.23. The molecule has 0 saturated heterocycles. The number of carbonyl (C=O) groups is 3. The molecule has 0 unspecified atom stereocenters. The summed E-state index contributed by atoms with van der Waals surface area (Å²) in [7, 11) is 1.48. The number of nitrogens with one attached hydrogen (secondary N) is 1. The molecule has 0 spiro atoms. The van der Waals surface area contributed by atoms with Crippen LogP contribution in [0.2, 0.25) is 5.02 Å². The van der Waals surface area contributed by atoms with Crippen LogP contribution in [0, 0.1) is 13.8 Å². The van der Waals surface area contributed by atoms with Crippen LogP contribution in [0.4, 0.5) is 0 Å². The Labute approximate surface area is 199 Å². The normalized spacial score (nSPS) is 11.5. The molecule has 178 valence electrons. The topological polar surface area (TPSA) is 93.5 Å². The van der Waals surface area contributed by atoms with Crippen LogP contribution in [0.3, 0.4) is 0 Å². The first-order chi connectivity index (χ1) is 15.4. The maximum absolute atomic E-state index is 12.2. The fourth-order valence-electron chi connectivity index (χ4n) is 3.10. The van der Waals surface area contributed by atoms with Crippen molar-refractivity contribution in [1.29, 1.82) is 0 Å². The predicted octanol–water partition coefficient (Wildman–Crippen LogP) is 3.13. The molecule has 2 aromatic rings. The highest BCUT2D eigenvalue weighted by molar-refractivity contribution is 6.31. The van der Waals surface area contributed by atoms with Crippen LogP contribution in [-0.2, 0) is 25.7 Å². The number of benzene rings is 1. The molecule has 2 rings (SSSR count). The number of carbonyl (C=O) groups excluding carboxylic acids is 3. The van der Waals surface area contributed by atoms with Crippen molar-refractivity contribution in [2.24, 2.45) is 0 Å². The average molecular weight is 475 g/mol. The van der Waals surface area contributed by atoms with Gasteiger partial charge in [-0.1, -0.05) is 29.8 Å². The van der Waals surface area contributed by atoms with Crippen molar-refractivity contribution < 1.29 is 19.1 Å². The van der Waals surface area contributed by atoms with Crippen LogP contribution in [-0.4, -0.2) is 58.2 Å². The van der Waals surface area contributed by atoms with E-state index in [1.54, 1.807) is 6.08 Å². The lowest BCUT2D eigenvalue weighted by Crippen LogP contribution is -2.46. The zero-order chi connectivity index (χ0) is 24.8. The highest BCUT2D eigenvalue weighted by Gasteiger charge is 2.18. The van der Waals surface area contributed by atoms with Crippen LogP contribution >= 0.6 is 11.6 Å². The van der Waals surface area contributed by atoms with E-state index in [9.17, 15) is 14.4 Å². The van der Waals surface area contributed by atoms with Gasteiger partial charge in [-0.05, 0) is 52.3 Å². The second-order valence-electron chi connectivity index (χ2n) is 8.82. The third kappa shape index (κ3) is 8.05. The van der Waals surface area contributed by atoms with E-state index in [1.807, 2.05) is 63.6 Å². The number of nitrogens with zero attached hydrogens (tertiary/aromatic N) is 3. The maximum atomic E-state index is 12.2. The Morgan fingerprint density at radius 3 is 2.52 bits per heavy atom. The summed E-state index contributed by atoms with van der Waals surface area (Å²) >= 11 is 6.24. The van der Waals surface area contributed by atoms with Crippen LogP contribution in [0.25, 0.3) is 6.08 Å². The SMILES string of the molecule is Cc1nn(Cc2ccccc2Cl)c(C)c1/C=C/C(=O)OCC(=O)N(C)CC(=O)NC(C)(C)C. The summed E-state index contributed by atoms with van der Waals surface area (Å²) in [5.41, 5.74) is 2.97. The van der Waals surface area contributed by atoms with E-state index < -0.39 is 24.0 Å². The molecule has 0 radical (unpaired) electrons. The molecular weight excluding hydrogens is 444 g/mol. The van der Waals surface area contributed by atoms with Gasteiger partial charge in [0.15, 0.2) is 6.61 Å². The molecular formula is C24H31ClN4O4. The third-order valence-electron chi connectivity index (χ3n) is 4.76. The minimum absolute atomic E-state index is 0.119. The van der Waals surface area contributed by atoms with Crippen LogP contribution in [0.15, 0.2) is 30.3 Å². The molecule has 0 atom stereocenters. The number of aromatic nitrogens is 2. The fraction of sp³-hybridized carbons (Fsp3) is 0.417. The number of hydrogen-bond donors (Lipinski definition) is 1. The van der Waals surface area contributed by atoms with Crippen LogP contribution < -0.4 is 5.32 Å². The van der Waals surface area contributed by atoms with E-state index in [0.29, 0.717) is 11.6 Å². The molecule has 0 saturated carbocycles. The molecule has 0 aliphatic carbocycles. The van der Waals surface area contributed by atoms with Crippen molar-refractivity contribution in [3.05, 3.63) is 57.9 Å². The fourth-order valence-corrected chi connectivity index (χ4v) is 3.29. The molecule has 1 aromatic heterocycles. The summed E-state index contributed by atoms with van der Waals surface area (Å²) in [6.45, 7) is 9.25. The van der Waals surface area contributed by atoms with E-state index in [0.717, 1.165) is 22.5 Å². The Bertz CT molecular complexity index is 1050. The van der Waals surface area contributed by atoms with Gasteiger partial charge in [0.1, 0.15) is 0 Å². The quantitative estimate of drug-likeness (QED) is 0.468. The van der Waals surface area contributed by atoms with Gasteiger partial charge in [-0.2, -0.15) is 5.10 Å². The molecule has 2 amide bonds. The van der Waals surface area contributed by atoms with E-state index in [4.69, 9.17) is 16.3 Å². The Balaban J connectivity index is 1.92. The van der Waals surface area contributed by atoms with Crippen molar-refractivity contribution in [3.63, 3.8) is 0 Å². The Hall–Kier alpha value is -3.13. The first-order valence-electron chi connectivity index (χ1n) is 10.5. The van der Waals surface area contributed by atoms with Gasteiger partial charge in [0.05, 0.1) is 18.8 Å². The van der Waals surface area contributed by atoms with Gasteiger partial charge in [-0.25, -0.2) is 4.79 Å². The summed E-state index contributed by atoms with van der Waals surface area (Å²) in [5.74, 6) is -1.42. The van der Waals surface area contributed by atoms with E-state index in [1.165, 1.54) is 18.0 Å². The lowest BCUT2D eigenvalue weighted by molar-refractivity contribution is -0.148. The zero-order valence-electron chi connectivity index (χ0n) is 19.9. The van der Waals surface area contributed by atoms with Crippen molar-refractivity contribution in [2.45, 2.75) is 46.7 Å². The van der Waals surface area contributed by atoms with E-state index >= 15 is 0 Å². The second kappa shape index (κ2) is 11.1. The van der Waals surface area contributed by atoms with Gasteiger partial charge < -0.3 is 15.0 Å². The third-order valence-corrected chi connectivity index (χ3v) is 5.13. The average Bonchev–Trinajstić information content (AvgIpc) is 2.97. The summed E-state index contributed by atoms with van der Waals surface area (Å²) in [4.78, 5) is 37.4. The van der Waals surface area contributed by atoms with Crippen LogP contribution in [0.1, 0.15) is 43.3 Å². The van der Waals surface area contributed by atoms with E-state index in [-0.39, 0.29) is 12.5 Å². The number of amides is 2. The monoisotopic (exact) mass is 474 g/mol. The highest BCUT2D eigenvalue weighted by Crippen LogP contribution is 2.20. The Morgan fingerprint density at radius 2 is 1.88 bits per heavy atom. The van der Waals surface area contributed by atoms with Gasteiger partial charge >= 0.3 is 5.97 Å². The number of halogens is 1. The van der Waals surface area contributed by atoms with Gasteiger partial charge in [0, 0.05) is 34.9 Å². The number of aryl methyl sites for hydroxylation is 1. The molecule has 8 nitrogen and oxygen atoms in total. The van der Waals surface area contributed by atoms with Crippen molar-refractivity contribution >= 4 is 35.5 Å². The smallest absolute Gasteiger partial charge is 0.331 e. The first kappa shape index (κ1) is 26.1. The molecule has 9 heteroatoms. The van der Waals surface area contributed by atoms with Crippen molar-refractivity contribution in [1.82, 2.24) is 20.0 Å². The van der Waals surface area contributed by atoms with Gasteiger partial charge in [0.2, 0.25) is 5.91 Å². The Morgan fingerprint density at radius 1 is 1.21 bits per heavy atom. The molecule has 1 aromatic carbocycles. The highest BCUT2D eigenvalue weighted by atomic mass is 35.5. The summed E-state index contributed by atoms with van der Waals surface area (Å²) in [6, 6.07) is 7.55. The molecule has 0 bridgehead atoms. The number of likely N-dealkylation sites (N-methyl/N-ethyl adjacent to an activating group) is 1. The molecule has 0 aliphatic rings. The van der Waals surface area contributed by atoms with Crippen molar-refractivity contribution in [3.8, 4) is 0 Å².